The first-order chi connectivity index (χ1) is 13.8. The van der Waals surface area contributed by atoms with Gasteiger partial charge in [-0.2, -0.15) is 0 Å². The van der Waals surface area contributed by atoms with Gasteiger partial charge in [-0.1, -0.05) is 43.2 Å². The Morgan fingerprint density at radius 2 is 1.69 bits per heavy atom. The number of pyridine rings is 1. The summed E-state index contributed by atoms with van der Waals surface area (Å²) in [6.45, 7) is 5.08. The molecule has 0 radical (unpaired) electrons. The molecule has 0 saturated carbocycles. The van der Waals surface area contributed by atoms with E-state index in [-0.39, 0.29) is 24.0 Å². The van der Waals surface area contributed by atoms with Crippen LogP contribution in [0.4, 0.5) is 0 Å². The van der Waals surface area contributed by atoms with Gasteiger partial charge >= 0.3 is 0 Å². The number of guanidine groups is 1. The molecule has 2 aromatic rings. The molecular formula is C23H34IN5. The minimum absolute atomic E-state index is 0. The average molecular weight is 507 g/mol. The van der Waals surface area contributed by atoms with Crippen molar-refractivity contribution in [2.24, 2.45) is 4.99 Å². The van der Waals surface area contributed by atoms with Gasteiger partial charge in [0.1, 0.15) is 0 Å². The third-order valence-corrected chi connectivity index (χ3v) is 5.28. The van der Waals surface area contributed by atoms with E-state index in [4.69, 9.17) is 0 Å². The number of aliphatic imine (C=N–C) groups is 1. The minimum Gasteiger partial charge on any atom is -0.356 e. The maximum atomic E-state index is 4.36. The van der Waals surface area contributed by atoms with Crippen LogP contribution >= 0.6 is 24.0 Å². The van der Waals surface area contributed by atoms with E-state index in [0.29, 0.717) is 0 Å². The highest BCUT2D eigenvalue weighted by Crippen LogP contribution is 2.16. The average Bonchev–Trinajstić information content (AvgIpc) is 3.01. The van der Waals surface area contributed by atoms with Gasteiger partial charge in [0, 0.05) is 45.0 Å². The number of likely N-dealkylation sites (tertiary alicyclic amines) is 1. The summed E-state index contributed by atoms with van der Waals surface area (Å²) in [6, 6.07) is 14.8. The normalized spacial score (nSPS) is 15.3. The molecule has 2 N–H and O–H groups in total. The molecule has 0 spiro atoms. The molecule has 1 aromatic heterocycles. The van der Waals surface area contributed by atoms with Crippen molar-refractivity contribution in [3.05, 3.63) is 65.5 Å². The van der Waals surface area contributed by atoms with E-state index in [1.165, 1.54) is 49.9 Å². The van der Waals surface area contributed by atoms with Crippen molar-refractivity contribution in [2.45, 2.75) is 45.2 Å². The molecule has 1 aliphatic heterocycles. The molecule has 2 heterocycles. The second kappa shape index (κ2) is 13.5. The second-order valence-corrected chi connectivity index (χ2v) is 7.38. The first-order valence-electron chi connectivity index (χ1n) is 10.5. The van der Waals surface area contributed by atoms with Crippen LogP contribution in [0.5, 0.6) is 0 Å². The number of halogens is 1. The van der Waals surface area contributed by atoms with E-state index in [9.17, 15) is 0 Å². The maximum Gasteiger partial charge on any atom is 0.191 e. The number of rotatable bonds is 7. The lowest BCUT2D eigenvalue weighted by Gasteiger charge is -2.22. The Kier molecular flexibility index (Phi) is 11.0. The van der Waals surface area contributed by atoms with Crippen LogP contribution in [0.2, 0.25) is 0 Å². The van der Waals surface area contributed by atoms with E-state index < -0.39 is 0 Å². The maximum absolute atomic E-state index is 4.36. The molecule has 0 amide bonds. The van der Waals surface area contributed by atoms with Gasteiger partial charge in [-0.05, 0) is 49.2 Å². The van der Waals surface area contributed by atoms with Crippen molar-refractivity contribution in [2.75, 3.05) is 26.7 Å². The lowest BCUT2D eigenvalue weighted by atomic mass is 10.1. The molecule has 1 aliphatic rings. The summed E-state index contributed by atoms with van der Waals surface area (Å²) in [4.78, 5) is 11.3. The highest BCUT2D eigenvalue weighted by molar-refractivity contribution is 14.0. The zero-order chi connectivity index (χ0) is 19.4. The van der Waals surface area contributed by atoms with Gasteiger partial charge in [0.15, 0.2) is 5.96 Å². The Balaban J connectivity index is 0.00000300. The van der Waals surface area contributed by atoms with E-state index in [0.717, 1.165) is 37.7 Å². The van der Waals surface area contributed by atoms with E-state index in [1.807, 2.05) is 25.4 Å². The molecule has 158 valence electrons. The Morgan fingerprint density at radius 3 is 2.38 bits per heavy atom. The zero-order valence-corrected chi connectivity index (χ0v) is 19.8. The fourth-order valence-electron chi connectivity index (χ4n) is 3.67. The van der Waals surface area contributed by atoms with Crippen molar-refractivity contribution in [3.63, 3.8) is 0 Å². The summed E-state index contributed by atoms with van der Waals surface area (Å²) in [5.74, 6) is 0.834. The molecule has 29 heavy (non-hydrogen) atoms. The SMILES string of the molecule is CN=C(NCCc1ccccn1)NCc1ccccc1CN1CCCCCC1.I. The van der Waals surface area contributed by atoms with Crippen LogP contribution < -0.4 is 10.6 Å². The van der Waals surface area contributed by atoms with Crippen molar-refractivity contribution in [3.8, 4) is 0 Å². The Bertz CT molecular complexity index is 727. The molecule has 1 aromatic carbocycles. The van der Waals surface area contributed by atoms with Crippen LogP contribution in [-0.2, 0) is 19.5 Å². The highest BCUT2D eigenvalue weighted by Gasteiger charge is 2.11. The third-order valence-electron chi connectivity index (χ3n) is 5.28. The van der Waals surface area contributed by atoms with Crippen LogP contribution in [0.25, 0.3) is 0 Å². The van der Waals surface area contributed by atoms with Crippen LogP contribution in [-0.4, -0.2) is 42.5 Å². The largest absolute Gasteiger partial charge is 0.356 e. The van der Waals surface area contributed by atoms with Crippen molar-refractivity contribution >= 4 is 29.9 Å². The first kappa shape index (κ1) is 23.6. The van der Waals surface area contributed by atoms with E-state index in [1.54, 1.807) is 0 Å². The quantitative estimate of drug-likeness (QED) is 0.338. The minimum atomic E-state index is 0. The van der Waals surface area contributed by atoms with Gasteiger partial charge in [0.2, 0.25) is 0 Å². The molecular weight excluding hydrogens is 473 g/mol. The van der Waals surface area contributed by atoms with Crippen LogP contribution in [0.1, 0.15) is 42.5 Å². The fraction of sp³-hybridized carbons (Fsp3) is 0.478. The standard InChI is InChI=1S/C23H33N5.HI/c1-24-23(26-15-13-22-12-6-7-14-25-22)27-18-20-10-4-5-11-21(20)19-28-16-8-2-3-9-17-28;/h4-7,10-12,14H,2-3,8-9,13,15-19H2,1H3,(H2,24,26,27);1H. The molecule has 0 bridgehead atoms. The Hall–Kier alpha value is -1.67. The van der Waals surface area contributed by atoms with E-state index in [2.05, 4.69) is 55.8 Å². The predicted octanol–water partition coefficient (Wildman–Crippen LogP) is 3.98. The summed E-state index contributed by atoms with van der Waals surface area (Å²) < 4.78 is 0. The summed E-state index contributed by atoms with van der Waals surface area (Å²) in [7, 11) is 1.82. The van der Waals surface area contributed by atoms with Crippen LogP contribution in [0.15, 0.2) is 53.7 Å². The van der Waals surface area contributed by atoms with Gasteiger partial charge in [-0.3, -0.25) is 14.9 Å². The summed E-state index contributed by atoms with van der Waals surface area (Å²) in [6.07, 6.45) is 8.12. The number of nitrogens with zero attached hydrogens (tertiary/aromatic N) is 3. The fourth-order valence-corrected chi connectivity index (χ4v) is 3.67. The lowest BCUT2D eigenvalue weighted by Crippen LogP contribution is -2.38. The monoisotopic (exact) mass is 507 g/mol. The summed E-state index contributed by atoms with van der Waals surface area (Å²) >= 11 is 0. The zero-order valence-electron chi connectivity index (χ0n) is 17.4. The van der Waals surface area contributed by atoms with Crippen LogP contribution in [0.3, 0.4) is 0 Å². The number of hydrogen-bond acceptors (Lipinski definition) is 3. The molecule has 1 saturated heterocycles. The highest BCUT2D eigenvalue weighted by atomic mass is 127. The number of benzene rings is 1. The third kappa shape index (κ3) is 8.30. The number of nitrogens with one attached hydrogen (secondary N) is 2. The molecule has 3 rings (SSSR count). The molecule has 0 unspecified atom stereocenters. The smallest absolute Gasteiger partial charge is 0.191 e. The van der Waals surface area contributed by atoms with Crippen LogP contribution in [0, 0.1) is 0 Å². The molecule has 0 aliphatic carbocycles. The van der Waals surface area contributed by atoms with E-state index >= 15 is 0 Å². The number of aromatic nitrogens is 1. The predicted molar refractivity (Wildman–Crippen MR) is 132 cm³/mol. The second-order valence-electron chi connectivity index (χ2n) is 7.38. The Morgan fingerprint density at radius 1 is 0.966 bits per heavy atom. The first-order valence-corrected chi connectivity index (χ1v) is 10.5. The van der Waals surface area contributed by atoms with Crippen molar-refractivity contribution in [1.29, 1.82) is 0 Å². The topological polar surface area (TPSA) is 52.6 Å². The number of hydrogen-bond donors (Lipinski definition) is 2. The van der Waals surface area contributed by atoms with Gasteiger partial charge in [-0.25, -0.2) is 0 Å². The van der Waals surface area contributed by atoms with Crippen molar-refractivity contribution in [1.82, 2.24) is 20.5 Å². The van der Waals surface area contributed by atoms with Crippen molar-refractivity contribution < 1.29 is 0 Å². The molecule has 0 atom stereocenters. The van der Waals surface area contributed by atoms with Gasteiger partial charge in [0.25, 0.3) is 0 Å². The van der Waals surface area contributed by atoms with Gasteiger partial charge < -0.3 is 10.6 Å². The Labute approximate surface area is 192 Å². The summed E-state index contributed by atoms with van der Waals surface area (Å²) in [5, 5.41) is 6.85. The molecule has 6 heteroatoms. The molecule has 1 fully saturated rings. The lowest BCUT2D eigenvalue weighted by molar-refractivity contribution is 0.276. The van der Waals surface area contributed by atoms with Gasteiger partial charge in [-0.15, -0.1) is 24.0 Å². The summed E-state index contributed by atoms with van der Waals surface area (Å²) in [5.41, 5.74) is 3.86. The molecule has 5 nitrogen and oxygen atoms in total. The van der Waals surface area contributed by atoms with Gasteiger partial charge in [0.05, 0.1) is 0 Å².